The smallest absolute Gasteiger partial charge is 0.0963 e. The third kappa shape index (κ3) is 6.05. The van der Waals surface area contributed by atoms with Crippen molar-refractivity contribution < 1.29 is 5.11 Å². The number of amidine groups is 1. The quantitative estimate of drug-likeness (QED) is 0.358. The van der Waals surface area contributed by atoms with Crippen molar-refractivity contribution in [3.63, 3.8) is 0 Å². The Morgan fingerprint density at radius 1 is 1.47 bits per heavy atom. The Kier molecular flexibility index (Phi) is 6.29. The van der Waals surface area contributed by atoms with Crippen LogP contribution in [0.1, 0.15) is 40.5 Å². The summed E-state index contributed by atoms with van der Waals surface area (Å²) in [5.41, 5.74) is 5.31. The maximum absolute atomic E-state index is 9.29. The molecular formula is C11H24N2OS. The summed E-state index contributed by atoms with van der Waals surface area (Å²) < 4.78 is 0. The molecule has 90 valence electrons. The normalized spacial score (nSPS) is 16.1. The van der Waals surface area contributed by atoms with Crippen LogP contribution in [-0.2, 0) is 0 Å². The lowest BCUT2D eigenvalue weighted by Crippen LogP contribution is -2.30. The van der Waals surface area contributed by atoms with Crippen molar-refractivity contribution in [2.24, 2.45) is 11.1 Å². The average molecular weight is 232 g/mol. The van der Waals surface area contributed by atoms with Gasteiger partial charge in [0.15, 0.2) is 0 Å². The van der Waals surface area contributed by atoms with E-state index in [1.807, 2.05) is 27.7 Å². The highest BCUT2D eigenvalue weighted by Gasteiger charge is 2.21. The monoisotopic (exact) mass is 232 g/mol. The Morgan fingerprint density at radius 2 is 2.00 bits per heavy atom. The van der Waals surface area contributed by atoms with Crippen molar-refractivity contribution >= 4 is 17.6 Å². The summed E-state index contributed by atoms with van der Waals surface area (Å²) in [6.07, 6.45) is 1.71. The fourth-order valence-electron chi connectivity index (χ4n) is 1.06. The zero-order valence-corrected chi connectivity index (χ0v) is 11.0. The molecule has 4 N–H and O–H groups in total. The Labute approximate surface area is 97.3 Å². The van der Waals surface area contributed by atoms with Crippen LogP contribution < -0.4 is 5.73 Å². The van der Waals surface area contributed by atoms with Crippen molar-refractivity contribution in [2.45, 2.75) is 51.9 Å². The summed E-state index contributed by atoms with van der Waals surface area (Å²) >= 11 is 1.78. The number of aliphatic hydroxyl groups excluding tert-OH is 1. The van der Waals surface area contributed by atoms with E-state index in [4.69, 9.17) is 11.1 Å². The Balaban J connectivity index is 3.68. The van der Waals surface area contributed by atoms with Gasteiger partial charge >= 0.3 is 0 Å². The highest BCUT2D eigenvalue weighted by Crippen LogP contribution is 2.24. The molecule has 0 rings (SSSR count). The molecular weight excluding hydrogens is 208 g/mol. The van der Waals surface area contributed by atoms with Gasteiger partial charge in [0.05, 0.1) is 11.9 Å². The molecule has 2 atom stereocenters. The van der Waals surface area contributed by atoms with Gasteiger partial charge < -0.3 is 10.8 Å². The molecule has 0 saturated heterocycles. The van der Waals surface area contributed by atoms with Gasteiger partial charge in [-0.25, -0.2) is 0 Å². The maximum Gasteiger partial charge on any atom is 0.0963 e. The SMILES string of the molecule is CC(O)C(C)SCCCC(C)(C)C(=N)N. The molecule has 0 fully saturated rings. The summed E-state index contributed by atoms with van der Waals surface area (Å²) in [7, 11) is 0. The van der Waals surface area contributed by atoms with Crippen LogP contribution in [0.3, 0.4) is 0 Å². The highest BCUT2D eigenvalue weighted by atomic mass is 32.2. The molecule has 0 radical (unpaired) electrons. The molecule has 0 aliphatic rings. The van der Waals surface area contributed by atoms with Crippen molar-refractivity contribution in [2.75, 3.05) is 5.75 Å². The van der Waals surface area contributed by atoms with Crippen molar-refractivity contribution in [3.05, 3.63) is 0 Å². The van der Waals surface area contributed by atoms with Gasteiger partial charge in [0.25, 0.3) is 0 Å². The molecule has 0 spiro atoms. The van der Waals surface area contributed by atoms with Crippen LogP contribution >= 0.6 is 11.8 Å². The van der Waals surface area contributed by atoms with Gasteiger partial charge in [-0.2, -0.15) is 11.8 Å². The molecule has 2 unspecified atom stereocenters. The van der Waals surface area contributed by atoms with E-state index >= 15 is 0 Å². The minimum absolute atomic E-state index is 0.186. The molecule has 15 heavy (non-hydrogen) atoms. The Morgan fingerprint density at radius 3 is 2.40 bits per heavy atom. The minimum atomic E-state index is -0.254. The second-order valence-electron chi connectivity index (χ2n) is 4.72. The first-order valence-electron chi connectivity index (χ1n) is 5.41. The first kappa shape index (κ1) is 14.8. The first-order valence-corrected chi connectivity index (χ1v) is 6.46. The van der Waals surface area contributed by atoms with Crippen LogP contribution in [0.25, 0.3) is 0 Å². The van der Waals surface area contributed by atoms with Gasteiger partial charge in [0.1, 0.15) is 0 Å². The summed E-state index contributed by atoms with van der Waals surface area (Å²) in [6.45, 7) is 7.85. The third-order valence-corrected chi connectivity index (χ3v) is 4.18. The number of thioether (sulfide) groups is 1. The zero-order chi connectivity index (χ0) is 12.1. The Hall–Kier alpha value is -0.220. The molecule has 0 bridgehead atoms. The first-order chi connectivity index (χ1) is 6.77. The predicted molar refractivity (Wildman–Crippen MR) is 68.5 cm³/mol. The second kappa shape index (κ2) is 6.38. The van der Waals surface area contributed by atoms with Crippen molar-refractivity contribution in [3.8, 4) is 0 Å². The second-order valence-corrected chi connectivity index (χ2v) is 6.20. The molecule has 0 aromatic carbocycles. The zero-order valence-electron chi connectivity index (χ0n) is 10.2. The van der Waals surface area contributed by atoms with Crippen LogP contribution in [0, 0.1) is 10.8 Å². The maximum atomic E-state index is 9.29. The lowest BCUT2D eigenvalue weighted by Gasteiger charge is -2.23. The molecule has 0 amide bonds. The van der Waals surface area contributed by atoms with Crippen molar-refractivity contribution in [1.29, 1.82) is 5.41 Å². The molecule has 3 nitrogen and oxygen atoms in total. The number of nitrogens with one attached hydrogen (secondary N) is 1. The van der Waals surface area contributed by atoms with Crippen molar-refractivity contribution in [1.82, 2.24) is 0 Å². The molecule has 4 heteroatoms. The number of nitrogens with two attached hydrogens (primary N) is 1. The number of hydrogen-bond acceptors (Lipinski definition) is 3. The van der Waals surface area contributed by atoms with E-state index in [0.717, 1.165) is 18.6 Å². The Bertz CT molecular complexity index is 205. The molecule has 0 aromatic heterocycles. The fourth-order valence-corrected chi connectivity index (χ4v) is 2.02. The van der Waals surface area contributed by atoms with Crippen LogP contribution in [0.5, 0.6) is 0 Å². The summed E-state index contributed by atoms with van der Waals surface area (Å²) in [5.74, 6) is 1.28. The van der Waals surface area contributed by atoms with Gasteiger partial charge in [-0.1, -0.05) is 20.8 Å². The van der Waals surface area contributed by atoms with Gasteiger partial charge in [0, 0.05) is 10.7 Å². The van der Waals surface area contributed by atoms with E-state index in [1.165, 1.54) is 0 Å². The van der Waals surface area contributed by atoms with Crippen LogP contribution in [0.2, 0.25) is 0 Å². The van der Waals surface area contributed by atoms with Crippen LogP contribution in [-0.4, -0.2) is 28.0 Å². The standard InChI is InChI=1S/C11H24N2OS/c1-8(14)9(2)15-7-5-6-11(3,4)10(12)13/h8-9,14H,5-7H2,1-4H3,(H3,12,13). The molecule has 0 saturated carbocycles. The topological polar surface area (TPSA) is 70.1 Å². The van der Waals surface area contributed by atoms with E-state index < -0.39 is 0 Å². The summed E-state index contributed by atoms with van der Waals surface area (Å²) in [6, 6.07) is 0. The molecule has 0 aromatic rings. The van der Waals surface area contributed by atoms with E-state index in [9.17, 15) is 5.11 Å². The predicted octanol–water partition coefficient (Wildman–Crippen LogP) is 2.23. The van der Waals surface area contributed by atoms with Crippen LogP contribution in [0.15, 0.2) is 0 Å². The van der Waals surface area contributed by atoms with Crippen LogP contribution in [0.4, 0.5) is 0 Å². The van der Waals surface area contributed by atoms with E-state index in [-0.39, 0.29) is 22.6 Å². The number of aliphatic hydroxyl groups is 1. The van der Waals surface area contributed by atoms with E-state index in [2.05, 4.69) is 0 Å². The fraction of sp³-hybridized carbons (Fsp3) is 0.909. The third-order valence-electron chi connectivity index (χ3n) is 2.74. The van der Waals surface area contributed by atoms with Gasteiger partial charge in [-0.05, 0) is 25.5 Å². The highest BCUT2D eigenvalue weighted by molar-refractivity contribution is 7.99. The average Bonchev–Trinajstić information content (AvgIpc) is 2.11. The summed E-state index contributed by atoms with van der Waals surface area (Å²) in [5, 5.41) is 17.0. The lowest BCUT2D eigenvalue weighted by molar-refractivity contribution is 0.196. The molecule has 0 aliphatic heterocycles. The van der Waals surface area contributed by atoms with Gasteiger partial charge in [-0.15, -0.1) is 0 Å². The molecule has 0 heterocycles. The largest absolute Gasteiger partial charge is 0.392 e. The van der Waals surface area contributed by atoms with E-state index in [1.54, 1.807) is 11.8 Å². The van der Waals surface area contributed by atoms with E-state index in [0.29, 0.717) is 0 Å². The van der Waals surface area contributed by atoms with Gasteiger partial charge in [-0.3, -0.25) is 5.41 Å². The molecule has 0 aliphatic carbocycles. The lowest BCUT2D eigenvalue weighted by atomic mass is 9.87. The summed E-state index contributed by atoms with van der Waals surface area (Å²) in [4.78, 5) is 0. The number of hydrogen-bond donors (Lipinski definition) is 3. The van der Waals surface area contributed by atoms with Gasteiger partial charge in [0.2, 0.25) is 0 Å². The number of rotatable bonds is 7. The minimum Gasteiger partial charge on any atom is -0.392 e.